The molecule has 2 heterocycles. The maximum absolute atomic E-state index is 13.3. The van der Waals surface area contributed by atoms with Crippen molar-refractivity contribution in [1.82, 2.24) is 0 Å². The van der Waals surface area contributed by atoms with Gasteiger partial charge in [-0.15, -0.1) is 0 Å². The molecule has 0 amide bonds. The second-order valence-corrected chi connectivity index (χ2v) is 12.5. The summed E-state index contributed by atoms with van der Waals surface area (Å²) in [4.78, 5) is 15.9. The molecule has 2 aliphatic heterocycles. The number of para-hydroxylation sites is 2. The number of anilines is 2. The van der Waals surface area contributed by atoms with Crippen molar-refractivity contribution in [3.05, 3.63) is 155 Å². The Kier molecular flexibility index (Phi) is 6.82. The van der Waals surface area contributed by atoms with Crippen LogP contribution in [0.25, 0.3) is 0 Å². The molecule has 1 aliphatic carbocycles. The number of carbonyl (C=O) groups is 1. The first-order valence-corrected chi connectivity index (χ1v) is 16.0. The molecule has 1 unspecified atom stereocenters. The molecule has 3 aliphatic rings. The van der Waals surface area contributed by atoms with Crippen molar-refractivity contribution in [2.75, 3.05) is 16.9 Å². The monoisotopic (exact) mass is 592 g/mol. The summed E-state index contributed by atoms with van der Waals surface area (Å²) in [5, 5.41) is 3.73. The van der Waals surface area contributed by atoms with Crippen molar-refractivity contribution in [3.8, 4) is 11.5 Å². The summed E-state index contributed by atoms with van der Waals surface area (Å²) in [6.07, 6.45) is 6.81. The topological polar surface area (TPSA) is 50.8 Å². The zero-order valence-electron chi connectivity index (χ0n) is 25.2. The highest BCUT2D eigenvalue weighted by molar-refractivity contribution is 5.97. The number of hydrogen-bond acceptors (Lipinski definition) is 5. The predicted octanol–water partition coefficient (Wildman–Crippen LogP) is 9.08. The molecule has 0 saturated heterocycles. The first kappa shape index (κ1) is 27.5. The molecule has 1 spiro atoms. The van der Waals surface area contributed by atoms with Gasteiger partial charge < -0.3 is 19.7 Å². The second kappa shape index (κ2) is 11.2. The molecule has 1 fully saturated rings. The van der Waals surface area contributed by atoms with Crippen LogP contribution in [0.1, 0.15) is 64.7 Å². The van der Waals surface area contributed by atoms with Gasteiger partial charge in [0.25, 0.3) is 0 Å². The van der Waals surface area contributed by atoms with Crippen LogP contribution >= 0.6 is 0 Å². The van der Waals surface area contributed by atoms with E-state index in [2.05, 4.69) is 83.0 Å². The Balaban J connectivity index is 1.27. The molecule has 1 atom stereocenters. The molecule has 5 heteroatoms. The summed E-state index contributed by atoms with van der Waals surface area (Å²) in [6.45, 7) is 0.648. The van der Waals surface area contributed by atoms with E-state index in [1.165, 1.54) is 24.8 Å². The number of nitrogens with zero attached hydrogens (tertiary/aromatic N) is 1. The van der Waals surface area contributed by atoms with E-state index in [0.29, 0.717) is 23.7 Å². The lowest BCUT2D eigenvalue weighted by atomic mass is 9.75. The Morgan fingerprint density at radius 1 is 0.667 bits per heavy atom. The van der Waals surface area contributed by atoms with E-state index in [0.717, 1.165) is 47.3 Å². The third-order valence-corrected chi connectivity index (χ3v) is 9.86. The zero-order valence-corrected chi connectivity index (χ0v) is 25.2. The van der Waals surface area contributed by atoms with Gasteiger partial charge in [0.05, 0.1) is 12.2 Å². The smallest absolute Gasteiger partial charge is 0.340 e. The first-order valence-electron chi connectivity index (χ1n) is 16.0. The molecule has 0 bridgehead atoms. The van der Waals surface area contributed by atoms with Crippen molar-refractivity contribution >= 4 is 17.3 Å². The predicted molar refractivity (Wildman–Crippen MR) is 178 cm³/mol. The first-order chi connectivity index (χ1) is 22.2. The molecule has 45 heavy (non-hydrogen) atoms. The summed E-state index contributed by atoms with van der Waals surface area (Å²) in [7, 11) is 0. The summed E-state index contributed by atoms with van der Waals surface area (Å²) in [5.74, 6) is 1.11. The average Bonchev–Trinajstić information content (AvgIpc) is 3.38. The number of carbonyl (C=O) groups excluding carboxylic acids is 1. The Morgan fingerprint density at radius 2 is 1.33 bits per heavy atom. The molecule has 5 aromatic carbocycles. The quantitative estimate of drug-likeness (QED) is 0.151. The highest BCUT2D eigenvalue weighted by atomic mass is 16.6. The lowest BCUT2D eigenvalue weighted by Crippen LogP contribution is -2.54. The van der Waals surface area contributed by atoms with Crippen LogP contribution in [0.5, 0.6) is 11.5 Å². The average molecular weight is 593 g/mol. The van der Waals surface area contributed by atoms with Gasteiger partial charge in [-0.3, -0.25) is 0 Å². The standard InChI is InChI=1S/C40H36N2O3/c43-38-32-18-8-9-19-33(32)40(45-38)34-20-10-11-21-36(34)44-37-26-31(22-23-35(37)40)42(28-41-30-16-6-2-7-17-30)39(24-12-3-13-25-39)27-29-14-4-1-5-15-29/h1-2,4-11,14-23,26,41H,3,12-13,24-25,27-28H2. The number of esters is 1. The minimum atomic E-state index is -1.06. The molecule has 0 radical (unpaired) electrons. The molecule has 5 aromatic rings. The van der Waals surface area contributed by atoms with E-state index in [1.54, 1.807) is 0 Å². The van der Waals surface area contributed by atoms with E-state index in [4.69, 9.17) is 9.47 Å². The van der Waals surface area contributed by atoms with Crippen molar-refractivity contribution in [2.45, 2.75) is 49.7 Å². The van der Waals surface area contributed by atoms with Gasteiger partial charge in [0.15, 0.2) is 5.60 Å². The van der Waals surface area contributed by atoms with Crippen LogP contribution in [-0.4, -0.2) is 18.2 Å². The van der Waals surface area contributed by atoms with Gasteiger partial charge in [-0.1, -0.05) is 104 Å². The molecular weight excluding hydrogens is 556 g/mol. The van der Waals surface area contributed by atoms with Crippen LogP contribution in [0, 0.1) is 0 Å². The van der Waals surface area contributed by atoms with Crippen LogP contribution in [0.4, 0.5) is 11.4 Å². The summed E-state index contributed by atoms with van der Waals surface area (Å²) >= 11 is 0. The van der Waals surface area contributed by atoms with Gasteiger partial charge in [0, 0.05) is 39.7 Å². The van der Waals surface area contributed by atoms with E-state index in [-0.39, 0.29) is 11.5 Å². The number of benzene rings is 5. The van der Waals surface area contributed by atoms with E-state index in [1.807, 2.05) is 54.6 Å². The van der Waals surface area contributed by atoms with Crippen LogP contribution in [0.2, 0.25) is 0 Å². The Morgan fingerprint density at radius 3 is 2.13 bits per heavy atom. The van der Waals surface area contributed by atoms with Crippen molar-refractivity contribution in [3.63, 3.8) is 0 Å². The summed E-state index contributed by atoms with van der Waals surface area (Å²) < 4.78 is 13.1. The number of fused-ring (bicyclic) bond motifs is 6. The SMILES string of the molecule is O=C1OC2(c3ccccc3Oc3cc(N(CNc4ccccc4)C4(Cc5ccccc5)CCCCC4)ccc32)c2ccccc21. The van der Waals surface area contributed by atoms with E-state index >= 15 is 0 Å². The number of nitrogens with one attached hydrogen (secondary N) is 1. The molecule has 224 valence electrons. The molecule has 1 saturated carbocycles. The molecule has 8 rings (SSSR count). The van der Waals surface area contributed by atoms with Crippen molar-refractivity contribution in [2.24, 2.45) is 0 Å². The second-order valence-electron chi connectivity index (χ2n) is 12.5. The fourth-order valence-electron chi connectivity index (χ4n) is 7.77. The number of hydrogen-bond donors (Lipinski definition) is 1. The van der Waals surface area contributed by atoms with Gasteiger partial charge in [-0.2, -0.15) is 0 Å². The fraction of sp³-hybridized carbons (Fsp3) is 0.225. The van der Waals surface area contributed by atoms with Gasteiger partial charge in [0.1, 0.15) is 11.5 Å². The van der Waals surface area contributed by atoms with Crippen LogP contribution < -0.4 is 15.0 Å². The van der Waals surface area contributed by atoms with Crippen molar-refractivity contribution < 1.29 is 14.3 Å². The summed E-state index contributed by atoms with van der Waals surface area (Å²) in [5.41, 5.74) is 5.53. The highest BCUT2D eigenvalue weighted by Crippen LogP contribution is 2.56. The van der Waals surface area contributed by atoms with E-state index < -0.39 is 5.60 Å². The number of rotatable bonds is 7. The maximum Gasteiger partial charge on any atom is 0.340 e. The minimum absolute atomic E-state index is 0.0771. The Labute approximate surface area is 264 Å². The van der Waals surface area contributed by atoms with E-state index in [9.17, 15) is 4.79 Å². The minimum Gasteiger partial charge on any atom is -0.456 e. The molecular formula is C40H36N2O3. The zero-order chi connectivity index (χ0) is 30.3. The van der Waals surface area contributed by atoms with Gasteiger partial charge in [-0.05, 0) is 61.2 Å². The van der Waals surface area contributed by atoms with Crippen molar-refractivity contribution in [1.29, 1.82) is 0 Å². The Hall–Kier alpha value is -5.03. The maximum atomic E-state index is 13.3. The molecule has 5 nitrogen and oxygen atoms in total. The van der Waals surface area contributed by atoms with Crippen LogP contribution in [-0.2, 0) is 16.8 Å². The summed E-state index contributed by atoms with van der Waals surface area (Å²) in [6, 6.07) is 43.4. The fourth-order valence-corrected chi connectivity index (χ4v) is 7.77. The van der Waals surface area contributed by atoms with Gasteiger partial charge >= 0.3 is 5.97 Å². The van der Waals surface area contributed by atoms with Crippen LogP contribution in [0.3, 0.4) is 0 Å². The Bertz CT molecular complexity index is 1850. The third-order valence-electron chi connectivity index (χ3n) is 9.86. The van der Waals surface area contributed by atoms with Gasteiger partial charge in [-0.25, -0.2) is 4.79 Å². The largest absolute Gasteiger partial charge is 0.456 e. The number of ether oxygens (including phenoxy) is 2. The van der Waals surface area contributed by atoms with Crippen LogP contribution in [0.15, 0.2) is 127 Å². The molecule has 0 aromatic heterocycles. The lowest BCUT2D eigenvalue weighted by Gasteiger charge is -2.49. The highest BCUT2D eigenvalue weighted by Gasteiger charge is 2.53. The lowest BCUT2D eigenvalue weighted by molar-refractivity contribution is 0.0224. The normalized spacial score (nSPS) is 19.1. The van der Waals surface area contributed by atoms with Gasteiger partial charge in [0.2, 0.25) is 0 Å². The third kappa shape index (κ3) is 4.65. The molecule has 1 N–H and O–H groups in total.